The number of aliphatic hydroxyl groups excluding tert-OH is 1. The fourth-order valence-electron chi connectivity index (χ4n) is 6.56. The highest BCUT2D eigenvalue weighted by Gasteiger charge is 2.33. The predicted molar refractivity (Wildman–Crippen MR) is 199 cm³/mol. The first-order valence-corrected chi connectivity index (χ1v) is 17.8. The molecule has 2 amide bonds. The Kier molecular flexibility index (Phi) is 15.5. The molecule has 5 atom stereocenters. The third-order valence-electron chi connectivity index (χ3n) is 9.55. The van der Waals surface area contributed by atoms with E-state index in [-0.39, 0.29) is 41.3 Å². The number of allylic oxidation sites excluding steroid dienone is 4. The van der Waals surface area contributed by atoms with Crippen LogP contribution in [0.2, 0.25) is 0 Å². The third kappa shape index (κ3) is 11.5. The molecule has 1 heterocycles. The van der Waals surface area contributed by atoms with E-state index in [4.69, 9.17) is 9.47 Å². The van der Waals surface area contributed by atoms with Crippen LogP contribution in [0.1, 0.15) is 90.6 Å². The van der Waals surface area contributed by atoms with Gasteiger partial charge in [-0.25, -0.2) is 0 Å². The van der Waals surface area contributed by atoms with E-state index >= 15 is 0 Å². The maximum atomic E-state index is 14.0. The fourth-order valence-corrected chi connectivity index (χ4v) is 6.56. The van der Waals surface area contributed by atoms with Gasteiger partial charge in [0.05, 0.1) is 29.7 Å². The minimum Gasteiger partial charge on any atom is -0.390 e. The third-order valence-corrected chi connectivity index (χ3v) is 9.55. The number of ether oxygens (including phenoxy) is 2. The van der Waals surface area contributed by atoms with Crippen molar-refractivity contribution in [3.63, 3.8) is 0 Å². The van der Waals surface area contributed by atoms with Gasteiger partial charge in [0.1, 0.15) is 0 Å². The lowest BCUT2D eigenvalue weighted by molar-refractivity contribution is -0.120. The predicted octanol–water partition coefficient (Wildman–Crippen LogP) is 5.74. The highest BCUT2D eigenvalue weighted by Crippen LogP contribution is 2.29. The number of hydrogen-bond donors (Lipinski definition) is 3. The molecule has 0 fully saturated rings. The quantitative estimate of drug-likeness (QED) is 0.231. The average molecular weight is 704 g/mol. The molecule has 0 aromatic heterocycles. The number of hydrogen-bond acceptors (Lipinski definition) is 8. The summed E-state index contributed by atoms with van der Waals surface area (Å²) in [6.45, 7) is 16.7. The molecule has 1 aromatic rings. The molecule has 3 N–H and O–H groups in total. The van der Waals surface area contributed by atoms with Crippen molar-refractivity contribution in [2.75, 3.05) is 14.2 Å². The number of nitrogens with zero attached hydrogens (tertiary/aromatic N) is 1. The van der Waals surface area contributed by atoms with Gasteiger partial charge in [-0.2, -0.15) is 0 Å². The molecule has 3 rings (SSSR count). The number of ketones is 2. The zero-order valence-electron chi connectivity index (χ0n) is 31.9. The summed E-state index contributed by atoms with van der Waals surface area (Å²) in [4.78, 5) is 56.6. The van der Waals surface area contributed by atoms with E-state index in [1.807, 2.05) is 45.1 Å². The van der Waals surface area contributed by atoms with Crippen molar-refractivity contribution in [2.24, 2.45) is 11.8 Å². The molecule has 2 aliphatic rings. The number of Topliss-reactive ketones (excluding diaryl/α,β-unsaturated/α-hetero) is 1. The van der Waals surface area contributed by atoms with Crippen molar-refractivity contribution >= 4 is 23.4 Å². The molecular formula is C41H57N3O7. The number of amides is 2. The molecule has 0 radical (unpaired) electrons. The minimum atomic E-state index is -0.848. The van der Waals surface area contributed by atoms with Gasteiger partial charge < -0.3 is 25.2 Å². The van der Waals surface area contributed by atoms with Gasteiger partial charge in [0.15, 0.2) is 0 Å². The Labute approximate surface area is 303 Å². The lowest BCUT2D eigenvalue weighted by Gasteiger charge is -2.30. The first kappa shape index (κ1) is 41.5. The first-order valence-electron chi connectivity index (χ1n) is 17.8. The van der Waals surface area contributed by atoms with Crippen LogP contribution in [-0.4, -0.2) is 78.0 Å². The number of fused-ring (bicyclic) bond motifs is 2. The summed E-state index contributed by atoms with van der Waals surface area (Å²) in [6, 6.07) is 7.89. The fraction of sp³-hybridized carbons (Fsp3) is 0.512. The highest BCUT2D eigenvalue weighted by atomic mass is 16.5. The Balaban J connectivity index is 1.99. The Morgan fingerprint density at radius 1 is 1.00 bits per heavy atom. The van der Waals surface area contributed by atoms with E-state index in [1.165, 1.54) is 7.11 Å². The molecule has 10 nitrogen and oxygen atoms in total. The van der Waals surface area contributed by atoms with E-state index in [9.17, 15) is 24.3 Å². The van der Waals surface area contributed by atoms with Gasteiger partial charge in [-0.3, -0.25) is 24.1 Å². The Morgan fingerprint density at radius 3 is 2.24 bits per heavy atom. The molecule has 0 saturated carbocycles. The Hall–Kier alpha value is -3.96. The summed E-state index contributed by atoms with van der Waals surface area (Å²) in [5, 5.41) is 16.6. The van der Waals surface area contributed by atoms with E-state index < -0.39 is 35.6 Å². The molecule has 0 unspecified atom stereocenters. The monoisotopic (exact) mass is 703 g/mol. The topological polar surface area (TPSA) is 134 Å². The largest absolute Gasteiger partial charge is 0.390 e. The van der Waals surface area contributed by atoms with E-state index in [0.29, 0.717) is 36.1 Å². The maximum absolute atomic E-state index is 14.0. The number of benzene rings is 1. The van der Waals surface area contributed by atoms with Gasteiger partial charge in [-0.05, 0) is 84.4 Å². The number of carbonyl (C=O) groups is 4. The van der Waals surface area contributed by atoms with E-state index in [2.05, 4.69) is 43.2 Å². The zero-order chi connectivity index (χ0) is 38.0. The molecule has 51 heavy (non-hydrogen) atoms. The van der Waals surface area contributed by atoms with Gasteiger partial charge in [-0.1, -0.05) is 55.9 Å². The highest BCUT2D eigenvalue weighted by molar-refractivity contribution is 6.24. The maximum Gasteiger partial charge on any atom is 0.255 e. The summed E-state index contributed by atoms with van der Waals surface area (Å²) < 4.78 is 11.3. The van der Waals surface area contributed by atoms with Crippen molar-refractivity contribution in [1.29, 1.82) is 0 Å². The molecule has 278 valence electrons. The molecule has 0 spiro atoms. The van der Waals surface area contributed by atoms with Crippen LogP contribution in [0, 0.1) is 11.8 Å². The number of methoxy groups -OCH3 is 2. The van der Waals surface area contributed by atoms with Gasteiger partial charge in [-0.15, -0.1) is 0 Å². The van der Waals surface area contributed by atoms with Crippen LogP contribution in [-0.2, 0) is 30.4 Å². The van der Waals surface area contributed by atoms with Crippen LogP contribution in [0.4, 0.5) is 0 Å². The average Bonchev–Trinajstić information content (AvgIpc) is 3.08. The number of aliphatic hydroxyl groups is 1. The van der Waals surface area contributed by atoms with Crippen LogP contribution in [0.5, 0.6) is 0 Å². The number of rotatable bonds is 8. The normalized spacial score (nSPS) is 27.1. The van der Waals surface area contributed by atoms with Gasteiger partial charge >= 0.3 is 0 Å². The van der Waals surface area contributed by atoms with Gasteiger partial charge in [0, 0.05) is 61.6 Å². The van der Waals surface area contributed by atoms with Gasteiger partial charge in [0.2, 0.25) is 11.6 Å². The molecule has 2 bridgehead atoms. The summed E-state index contributed by atoms with van der Waals surface area (Å²) in [7, 11) is 3.14. The second kappa shape index (κ2) is 19.0. The lowest BCUT2D eigenvalue weighted by Crippen LogP contribution is -2.38. The summed E-state index contributed by atoms with van der Waals surface area (Å²) in [6.07, 6.45) is 7.56. The molecule has 10 heteroatoms. The molecule has 1 aliphatic carbocycles. The number of carbonyl (C=O) groups excluding carboxylic acids is 4. The second-order valence-corrected chi connectivity index (χ2v) is 14.5. The smallest absolute Gasteiger partial charge is 0.255 e. The van der Waals surface area contributed by atoms with Crippen LogP contribution >= 0.6 is 0 Å². The van der Waals surface area contributed by atoms with Crippen LogP contribution in [0.25, 0.3) is 0 Å². The zero-order valence-corrected chi connectivity index (χ0v) is 31.9. The van der Waals surface area contributed by atoms with Gasteiger partial charge in [0.25, 0.3) is 11.8 Å². The summed E-state index contributed by atoms with van der Waals surface area (Å²) >= 11 is 0. The van der Waals surface area contributed by atoms with Crippen LogP contribution in [0.3, 0.4) is 0 Å². The summed E-state index contributed by atoms with van der Waals surface area (Å²) in [5.74, 6) is -2.74. The second-order valence-electron chi connectivity index (χ2n) is 14.5. The Bertz CT molecular complexity index is 1570. The van der Waals surface area contributed by atoms with Crippen molar-refractivity contribution in [2.45, 2.75) is 112 Å². The van der Waals surface area contributed by atoms with Crippen molar-refractivity contribution in [1.82, 2.24) is 15.5 Å². The SMILES string of the molecule is CO[C@H]1C[C@H](C)CC2=C(NC(=O)c3ccc(CN(C(C)C)C(C)C)cc3)C(=O)C=C(NC(=O)/C(C)=C/C=C\[C@H](OC)C/C(C)=C/[C@H](C)[C@H]1O)C2=O. The van der Waals surface area contributed by atoms with E-state index in [1.54, 1.807) is 38.3 Å². The minimum absolute atomic E-state index is 0.0790. The number of nitrogens with one attached hydrogen (secondary N) is 2. The van der Waals surface area contributed by atoms with Crippen LogP contribution in [0.15, 0.2) is 82.8 Å². The Morgan fingerprint density at radius 2 is 1.65 bits per heavy atom. The molecule has 1 aromatic carbocycles. The van der Waals surface area contributed by atoms with Crippen molar-refractivity contribution in [3.8, 4) is 0 Å². The summed E-state index contributed by atoms with van der Waals surface area (Å²) in [5.41, 5.74) is 2.51. The lowest BCUT2D eigenvalue weighted by atomic mass is 9.85. The molecule has 0 saturated heterocycles. The molecular weight excluding hydrogens is 646 g/mol. The van der Waals surface area contributed by atoms with Crippen LogP contribution < -0.4 is 10.6 Å². The first-order chi connectivity index (χ1) is 24.1. The van der Waals surface area contributed by atoms with Crippen molar-refractivity contribution < 1.29 is 33.8 Å². The van der Waals surface area contributed by atoms with Crippen molar-refractivity contribution in [3.05, 3.63) is 93.9 Å². The standard InChI is InChI=1S/C41H57N3O7/c1-24(2)44(25(3)4)23-30-14-16-31(17-15-30)41(49)43-37-33-20-27(6)21-36(51-10)38(46)29(8)18-26(5)19-32(50-9)13-11-12-28(7)40(48)42-34(39(33)47)22-35(37)45/h11-18,22,24-25,27,29,32,36,38,46H,19-21,23H2,1-10H3,(H,42,48)(H,43,49)/b13-11-,26-18+,28-12+/t27-,29+,32+,36+,38-/m1/s1. The van der Waals surface area contributed by atoms with E-state index in [0.717, 1.165) is 23.8 Å². The molecule has 1 aliphatic heterocycles.